The van der Waals surface area contributed by atoms with E-state index in [2.05, 4.69) is 0 Å². The molecule has 0 radical (unpaired) electrons. The topological polar surface area (TPSA) is 101 Å². The number of nitro groups is 1. The van der Waals surface area contributed by atoms with Gasteiger partial charge in [0.15, 0.2) is 0 Å². The number of non-ortho nitro benzene ring substituents is 1. The summed E-state index contributed by atoms with van der Waals surface area (Å²) in [4.78, 5) is 34.4. The van der Waals surface area contributed by atoms with Gasteiger partial charge in [0.25, 0.3) is 5.69 Å². The first-order valence-corrected chi connectivity index (χ1v) is 6.03. The highest BCUT2D eigenvalue weighted by Crippen LogP contribution is 2.41. The molecule has 20 heavy (non-hydrogen) atoms. The molecule has 0 saturated heterocycles. The second-order valence-corrected chi connectivity index (χ2v) is 5.39. The summed E-state index contributed by atoms with van der Waals surface area (Å²) < 4.78 is 0. The van der Waals surface area contributed by atoms with Crippen molar-refractivity contribution in [1.82, 2.24) is 0 Å². The first kappa shape index (κ1) is 14.0. The van der Waals surface area contributed by atoms with Crippen molar-refractivity contribution in [2.24, 2.45) is 0 Å². The molecule has 7 heteroatoms. The summed E-state index contributed by atoms with van der Waals surface area (Å²) in [5.74, 6) is -1.42. The maximum Gasteiger partial charge on any atom is 0.323 e. The molecule has 0 atom stereocenters. The van der Waals surface area contributed by atoms with Crippen LogP contribution in [-0.4, -0.2) is 28.5 Å². The number of carbonyl (C=O) groups excluding carboxylic acids is 1. The highest BCUT2D eigenvalue weighted by atomic mass is 16.6. The fraction of sp³-hybridized carbons (Fsp3) is 0.385. The Labute approximate surface area is 115 Å². The highest BCUT2D eigenvalue weighted by molar-refractivity contribution is 6.01. The molecule has 1 aliphatic heterocycles. The van der Waals surface area contributed by atoms with Crippen LogP contribution in [-0.2, 0) is 15.0 Å². The number of hydrogen-bond acceptors (Lipinski definition) is 4. The summed E-state index contributed by atoms with van der Waals surface area (Å²) in [6, 6.07) is 4.13. The van der Waals surface area contributed by atoms with Gasteiger partial charge in [-0.25, -0.2) is 0 Å². The van der Waals surface area contributed by atoms with E-state index in [0.717, 1.165) is 4.90 Å². The maximum atomic E-state index is 12.1. The van der Waals surface area contributed by atoms with Crippen LogP contribution in [0.2, 0.25) is 0 Å². The summed E-state index contributed by atoms with van der Waals surface area (Å²) in [5, 5.41) is 19.7. The van der Waals surface area contributed by atoms with E-state index in [1.165, 1.54) is 18.2 Å². The van der Waals surface area contributed by atoms with E-state index in [-0.39, 0.29) is 18.0 Å². The summed E-state index contributed by atoms with van der Waals surface area (Å²) >= 11 is 0. The molecule has 0 spiro atoms. The number of fused-ring (bicyclic) bond motifs is 1. The zero-order valence-electron chi connectivity index (χ0n) is 11.1. The third kappa shape index (κ3) is 2.34. The standard InChI is InChI=1S/C13H14N2O5/c1-13(2)6-11(16)14(7-12(17)18)10-4-3-8(15(19)20)5-9(10)13/h3-5H,6-7H2,1-2H3,(H,17,18). The lowest BCUT2D eigenvalue weighted by molar-refractivity contribution is -0.385. The predicted octanol–water partition coefficient (Wildman–Crippen LogP) is 1.69. The molecule has 1 heterocycles. The quantitative estimate of drug-likeness (QED) is 0.669. The monoisotopic (exact) mass is 278 g/mol. The van der Waals surface area contributed by atoms with E-state index < -0.39 is 22.9 Å². The fourth-order valence-corrected chi connectivity index (χ4v) is 2.43. The first-order valence-electron chi connectivity index (χ1n) is 6.03. The van der Waals surface area contributed by atoms with Crippen molar-refractivity contribution in [2.75, 3.05) is 11.4 Å². The van der Waals surface area contributed by atoms with Gasteiger partial charge in [-0.15, -0.1) is 0 Å². The van der Waals surface area contributed by atoms with E-state index in [1.54, 1.807) is 0 Å². The first-order chi connectivity index (χ1) is 9.22. The van der Waals surface area contributed by atoms with Crippen molar-refractivity contribution in [1.29, 1.82) is 0 Å². The number of amides is 1. The Morgan fingerprint density at radius 3 is 2.70 bits per heavy atom. The molecule has 106 valence electrons. The smallest absolute Gasteiger partial charge is 0.323 e. The lowest BCUT2D eigenvalue weighted by atomic mass is 9.77. The Morgan fingerprint density at radius 1 is 1.50 bits per heavy atom. The summed E-state index contributed by atoms with van der Waals surface area (Å²) in [7, 11) is 0. The van der Waals surface area contributed by atoms with Crippen molar-refractivity contribution in [3.63, 3.8) is 0 Å². The van der Waals surface area contributed by atoms with Gasteiger partial charge in [-0.3, -0.25) is 19.7 Å². The molecular formula is C13H14N2O5. The molecule has 0 saturated carbocycles. The number of rotatable bonds is 3. The number of carboxylic acid groups (broad SMARTS) is 1. The molecule has 1 aromatic rings. The number of benzene rings is 1. The van der Waals surface area contributed by atoms with Crippen LogP contribution in [0.5, 0.6) is 0 Å². The zero-order valence-corrected chi connectivity index (χ0v) is 11.1. The largest absolute Gasteiger partial charge is 0.480 e. The highest BCUT2D eigenvalue weighted by Gasteiger charge is 2.38. The Kier molecular flexibility index (Phi) is 3.21. The molecule has 1 amide bonds. The maximum absolute atomic E-state index is 12.1. The van der Waals surface area contributed by atoms with Crippen LogP contribution < -0.4 is 4.90 Å². The van der Waals surface area contributed by atoms with Crippen molar-refractivity contribution >= 4 is 23.3 Å². The van der Waals surface area contributed by atoms with Gasteiger partial charge in [0.05, 0.1) is 4.92 Å². The third-order valence-corrected chi connectivity index (χ3v) is 3.40. The number of hydrogen-bond donors (Lipinski definition) is 1. The molecule has 0 bridgehead atoms. The molecular weight excluding hydrogens is 264 g/mol. The van der Waals surface area contributed by atoms with Gasteiger partial charge in [0, 0.05) is 29.7 Å². The molecule has 2 rings (SSSR count). The second-order valence-electron chi connectivity index (χ2n) is 5.39. The van der Waals surface area contributed by atoms with Gasteiger partial charge >= 0.3 is 5.97 Å². The molecule has 1 aromatic carbocycles. The van der Waals surface area contributed by atoms with Gasteiger partial charge in [-0.1, -0.05) is 13.8 Å². The minimum absolute atomic E-state index is 0.0681. The minimum Gasteiger partial charge on any atom is -0.480 e. The van der Waals surface area contributed by atoms with Crippen molar-refractivity contribution in [2.45, 2.75) is 25.7 Å². The molecule has 1 N–H and O–H groups in total. The molecule has 0 unspecified atom stereocenters. The van der Waals surface area contributed by atoms with Crippen LogP contribution in [0, 0.1) is 10.1 Å². The van der Waals surface area contributed by atoms with Crippen LogP contribution in [0.15, 0.2) is 18.2 Å². The van der Waals surface area contributed by atoms with Crippen LogP contribution in [0.1, 0.15) is 25.8 Å². The van der Waals surface area contributed by atoms with Gasteiger partial charge in [-0.2, -0.15) is 0 Å². The average Bonchev–Trinajstić information content (AvgIpc) is 2.33. The third-order valence-electron chi connectivity index (χ3n) is 3.40. The zero-order chi connectivity index (χ0) is 15.1. The van der Waals surface area contributed by atoms with Crippen LogP contribution in [0.3, 0.4) is 0 Å². The lowest BCUT2D eigenvalue weighted by Gasteiger charge is -2.37. The number of carbonyl (C=O) groups is 2. The number of nitrogens with zero attached hydrogens (tertiary/aromatic N) is 2. The van der Waals surface area contributed by atoms with E-state index in [1.807, 2.05) is 13.8 Å². The summed E-state index contributed by atoms with van der Waals surface area (Å²) in [5.41, 5.74) is 0.418. The number of aliphatic carboxylic acids is 1. The fourth-order valence-electron chi connectivity index (χ4n) is 2.43. The number of nitro benzene ring substituents is 1. The Hall–Kier alpha value is -2.44. The minimum atomic E-state index is -1.12. The summed E-state index contributed by atoms with van der Waals surface area (Å²) in [6.07, 6.45) is 0.119. The number of carboxylic acids is 1. The predicted molar refractivity (Wildman–Crippen MR) is 70.7 cm³/mol. The van der Waals surface area contributed by atoms with Gasteiger partial charge in [0.1, 0.15) is 6.54 Å². The number of anilines is 1. The Balaban J connectivity index is 2.58. The normalized spacial score (nSPS) is 16.7. The molecule has 0 aromatic heterocycles. The average molecular weight is 278 g/mol. The van der Waals surface area contributed by atoms with E-state index in [9.17, 15) is 19.7 Å². The van der Waals surface area contributed by atoms with Gasteiger partial charge in [0.2, 0.25) is 5.91 Å². The lowest BCUT2D eigenvalue weighted by Crippen LogP contribution is -2.44. The Bertz CT molecular complexity index is 609. The van der Waals surface area contributed by atoms with Crippen molar-refractivity contribution in [3.8, 4) is 0 Å². The molecule has 7 nitrogen and oxygen atoms in total. The molecule has 1 aliphatic rings. The SMILES string of the molecule is CC1(C)CC(=O)N(CC(=O)O)c2ccc([N+](=O)[O-])cc21. The molecule has 0 aliphatic carbocycles. The van der Waals surface area contributed by atoms with Crippen molar-refractivity contribution < 1.29 is 19.6 Å². The summed E-state index contributed by atoms with van der Waals surface area (Å²) in [6.45, 7) is 3.18. The Morgan fingerprint density at radius 2 is 2.15 bits per heavy atom. The van der Waals surface area contributed by atoms with E-state index in [0.29, 0.717) is 11.3 Å². The van der Waals surface area contributed by atoms with Crippen LogP contribution in [0.25, 0.3) is 0 Å². The van der Waals surface area contributed by atoms with Crippen LogP contribution in [0.4, 0.5) is 11.4 Å². The second kappa shape index (κ2) is 4.59. The van der Waals surface area contributed by atoms with Crippen LogP contribution >= 0.6 is 0 Å². The van der Waals surface area contributed by atoms with Gasteiger partial charge < -0.3 is 10.0 Å². The van der Waals surface area contributed by atoms with E-state index >= 15 is 0 Å². The van der Waals surface area contributed by atoms with Crippen molar-refractivity contribution in [3.05, 3.63) is 33.9 Å². The molecule has 0 fully saturated rings. The van der Waals surface area contributed by atoms with Gasteiger partial charge in [-0.05, 0) is 11.6 Å². The van der Waals surface area contributed by atoms with E-state index in [4.69, 9.17) is 5.11 Å².